The summed E-state index contributed by atoms with van der Waals surface area (Å²) in [6.07, 6.45) is 2.96. The maximum atomic E-state index is 9.11. The normalized spacial score (nSPS) is 10.4. The number of ether oxygens (including phenoxy) is 1. The van der Waals surface area contributed by atoms with Crippen LogP contribution in [0.1, 0.15) is 22.3 Å². The van der Waals surface area contributed by atoms with E-state index in [4.69, 9.17) is 14.8 Å². The number of aromatic nitrogens is 1. The van der Waals surface area contributed by atoms with Crippen LogP contribution in [0.3, 0.4) is 0 Å². The largest absolute Gasteiger partial charge is 0.490 e. The van der Waals surface area contributed by atoms with Crippen LogP contribution in [-0.2, 0) is 6.61 Å². The summed E-state index contributed by atoms with van der Waals surface area (Å²) in [6, 6.07) is 5.83. The second kappa shape index (κ2) is 6.07. The van der Waals surface area contributed by atoms with Crippen molar-refractivity contribution in [2.45, 2.75) is 27.4 Å². The first-order valence-electron chi connectivity index (χ1n) is 6.48. The number of benzene rings is 1. The van der Waals surface area contributed by atoms with Gasteiger partial charge in [-0.1, -0.05) is 17.7 Å². The van der Waals surface area contributed by atoms with Gasteiger partial charge in [-0.05, 0) is 43.5 Å². The predicted molar refractivity (Wildman–Crippen MR) is 79.0 cm³/mol. The molecule has 20 heavy (non-hydrogen) atoms. The first-order valence-corrected chi connectivity index (χ1v) is 6.48. The lowest BCUT2D eigenvalue weighted by molar-refractivity contribution is 0.303. The van der Waals surface area contributed by atoms with Crippen LogP contribution in [0.15, 0.2) is 30.6 Å². The maximum Gasteiger partial charge on any atom is 0.490 e. The Labute approximate surface area is 119 Å². The van der Waals surface area contributed by atoms with Gasteiger partial charge >= 0.3 is 7.12 Å². The summed E-state index contributed by atoms with van der Waals surface area (Å²) in [5.41, 5.74) is 5.07. The van der Waals surface area contributed by atoms with E-state index in [1.807, 2.05) is 0 Å². The van der Waals surface area contributed by atoms with Gasteiger partial charge in [0.1, 0.15) is 12.4 Å². The summed E-state index contributed by atoms with van der Waals surface area (Å²) in [7, 11) is -1.53. The molecular weight excluding hydrogens is 253 g/mol. The van der Waals surface area contributed by atoms with E-state index in [0.717, 1.165) is 5.56 Å². The van der Waals surface area contributed by atoms with Crippen molar-refractivity contribution >= 4 is 12.6 Å². The predicted octanol–water partition coefficient (Wildman–Crippen LogP) is 1.27. The third-order valence-corrected chi connectivity index (χ3v) is 3.26. The molecule has 4 nitrogen and oxygen atoms in total. The second-order valence-electron chi connectivity index (χ2n) is 4.99. The second-order valence-corrected chi connectivity index (χ2v) is 4.99. The van der Waals surface area contributed by atoms with E-state index < -0.39 is 7.12 Å². The van der Waals surface area contributed by atoms with Gasteiger partial charge in [-0.2, -0.15) is 0 Å². The third-order valence-electron chi connectivity index (χ3n) is 3.26. The van der Waals surface area contributed by atoms with Gasteiger partial charge in [-0.25, -0.2) is 0 Å². The zero-order valence-electron chi connectivity index (χ0n) is 11.9. The molecule has 0 amide bonds. The van der Waals surface area contributed by atoms with Crippen LogP contribution < -0.4 is 10.2 Å². The number of nitrogens with zero attached hydrogens (tertiary/aromatic N) is 1. The van der Waals surface area contributed by atoms with Gasteiger partial charge in [0.05, 0.1) is 6.20 Å². The van der Waals surface area contributed by atoms with E-state index in [9.17, 15) is 0 Å². The van der Waals surface area contributed by atoms with Crippen LogP contribution in [0, 0.1) is 20.8 Å². The number of hydrogen-bond acceptors (Lipinski definition) is 4. The Morgan fingerprint density at radius 2 is 1.70 bits per heavy atom. The van der Waals surface area contributed by atoms with Crippen LogP contribution in [-0.4, -0.2) is 22.2 Å². The lowest BCUT2D eigenvalue weighted by Gasteiger charge is -2.13. The molecule has 0 spiro atoms. The molecule has 2 rings (SSSR count). The SMILES string of the molecule is Cc1cc(C)c(COc2cncc(B(O)O)c2)c(C)c1. The minimum atomic E-state index is -1.53. The van der Waals surface area contributed by atoms with Crippen LogP contribution in [0.2, 0.25) is 0 Å². The van der Waals surface area contributed by atoms with Crippen molar-refractivity contribution < 1.29 is 14.8 Å². The van der Waals surface area contributed by atoms with E-state index in [1.165, 1.54) is 22.9 Å². The fraction of sp³-hybridized carbons (Fsp3) is 0.267. The molecule has 0 saturated heterocycles. The van der Waals surface area contributed by atoms with E-state index in [-0.39, 0.29) is 0 Å². The Kier molecular flexibility index (Phi) is 4.42. The fourth-order valence-corrected chi connectivity index (χ4v) is 2.25. The van der Waals surface area contributed by atoms with E-state index in [1.54, 1.807) is 12.3 Å². The molecule has 0 radical (unpaired) electrons. The number of pyridine rings is 1. The highest BCUT2D eigenvalue weighted by Gasteiger charge is 2.12. The number of aryl methyl sites for hydroxylation is 3. The van der Waals surface area contributed by atoms with Crippen LogP contribution in [0.5, 0.6) is 5.75 Å². The van der Waals surface area contributed by atoms with Gasteiger partial charge in [-0.3, -0.25) is 4.98 Å². The van der Waals surface area contributed by atoms with E-state index in [0.29, 0.717) is 17.8 Å². The maximum absolute atomic E-state index is 9.11. The number of hydrogen-bond donors (Lipinski definition) is 2. The van der Waals surface area contributed by atoms with Crippen molar-refractivity contribution in [3.8, 4) is 5.75 Å². The summed E-state index contributed by atoms with van der Waals surface area (Å²) < 4.78 is 5.70. The first-order chi connectivity index (χ1) is 9.47. The lowest BCUT2D eigenvalue weighted by atomic mass is 9.82. The molecule has 0 aliphatic rings. The zero-order chi connectivity index (χ0) is 14.7. The topological polar surface area (TPSA) is 62.6 Å². The molecule has 0 bridgehead atoms. The minimum absolute atomic E-state index is 0.319. The van der Waals surface area contributed by atoms with Gasteiger partial charge in [0.15, 0.2) is 0 Å². The Morgan fingerprint density at radius 1 is 1.05 bits per heavy atom. The average molecular weight is 271 g/mol. The highest BCUT2D eigenvalue weighted by molar-refractivity contribution is 6.58. The fourth-order valence-electron chi connectivity index (χ4n) is 2.25. The van der Waals surface area contributed by atoms with Gasteiger partial charge in [-0.15, -0.1) is 0 Å². The van der Waals surface area contributed by atoms with Gasteiger partial charge in [0.2, 0.25) is 0 Å². The summed E-state index contributed by atoms with van der Waals surface area (Å²) in [5, 5.41) is 18.2. The molecule has 0 unspecified atom stereocenters. The molecule has 0 aliphatic carbocycles. The van der Waals surface area contributed by atoms with Gasteiger partial charge in [0, 0.05) is 11.7 Å². The third kappa shape index (κ3) is 3.38. The average Bonchev–Trinajstić information content (AvgIpc) is 2.37. The van der Waals surface area contributed by atoms with E-state index >= 15 is 0 Å². The summed E-state index contributed by atoms with van der Waals surface area (Å²) >= 11 is 0. The number of rotatable bonds is 4. The Bertz CT molecular complexity index is 591. The van der Waals surface area contributed by atoms with Crippen molar-refractivity contribution in [3.05, 3.63) is 52.8 Å². The van der Waals surface area contributed by atoms with Gasteiger partial charge in [0.25, 0.3) is 0 Å². The molecule has 2 aromatic rings. The minimum Gasteiger partial charge on any atom is -0.487 e. The Hall–Kier alpha value is -1.85. The Balaban J connectivity index is 2.15. The van der Waals surface area contributed by atoms with Crippen molar-refractivity contribution in [3.63, 3.8) is 0 Å². The molecule has 0 saturated carbocycles. The van der Waals surface area contributed by atoms with Crippen molar-refractivity contribution in [1.29, 1.82) is 0 Å². The van der Waals surface area contributed by atoms with Crippen molar-refractivity contribution in [1.82, 2.24) is 4.98 Å². The molecule has 5 heteroatoms. The molecule has 0 aliphatic heterocycles. The summed E-state index contributed by atoms with van der Waals surface area (Å²) in [5.74, 6) is 0.523. The summed E-state index contributed by atoms with van der Waals surface area (Å²) in [6.45, 7) is 6.63. The quantitative estimate of drug-likeness (QED) is 0.822. The van der Waals surface area contributed by atoms with Crippen molar-refractivity contribution in [2.24, 2.45) is 0 Å². The molecule has 2 N–H and O–H groups in total. The molecule has 1 aromatic heterocycles. The molecule has 0 atom stereocenters. The Morgan fingerprint density at radius 3 is 2.30 bits per heavy atom. The molecule has 0 fully saturated rings. The highest BCUT2D eigenvalue weighted by Crippen LogP contribution is 2.18. The van der Waals surface area contributed by atoms with Crippen LogP contribution in [0.25, 0.3) is 0 Å². The first kappa shape index (κ1) is 14.6. The van der Waals surface area contributed by atoms with Crippen LogP contribution >= 0.6 is 0 Å². The molecule has 104 valence electrons. The van der Waals surface area contributed by atoms with Crippen LogP contribution in [0.4, 0.5) is 0 Å². The zero-order valence-corrected chi connectivity index (χ0v) is 11.9. The molecule has 1 aromatic carbocycles. The molecular formula is C15H18BNO3. The smallest absolute Gasteiger partial charge is 0.487 e. The highest BCUT2D eigenvalue weighted by atomic mass is 16.5. The van der Waals surface area contributed by atoms with Crippen molar-refractivity contribution in [2.75, 3.05) is 0 Å². The molecule has 1 heterocycles. The summed E-state index contributed by atoms with van der Waals surface area (Å²) in [4.78, 5) is 3.93. The standard InChI is InChI=1S/C15H18BNO3/c1-10-4-11(2)15(12(3)5-10)9-20-14-6-13(16(18)19)7-17-8-14/h4-8,18-19H,9H2,1-3H3. The van der Waals surface area contributed by atoms with Gasteiger partial charge < -0.3 is 14.8 Å². The monoisotopic (exact) mass is 271 g/mol. The lowest BCUT2D eigenvalue weighted by Crippen LogP contribution is -2.30. The van der Waals surface area contributed by atoms with E-state index in [2.05, 4.69) is 37.9 Å².